The van der Waals surface area contributed by atoms with E-state index in [0.29, 0.717) is 42.3 Å². The molecule has 0 aliphatic rings. The van der Waals surface area contributed by atoms with Crippen LogP contribution in [0.4, 0.5) is 13.2 Å². The van der Waals surface area contributed by atoms with Crippen LogP contribution >= 0.6 is 11.5 Å². The molecule has 4 rings (SSSR count). The van der Waals surface area contributed by atoms with Crippen molar-refractivity contribution in [2.24, 2.45) is 7.05 Å². The van der Waals surface area contributed by atoms with Crippen molar-refractivity contribution in [2.75, 3.05) is 7.11 Å². The van der Waals surface area contributed by atoms with Crippen LogP contribution in [0.25, 0.3) is 27.4 Å². The number of allylic oxidation sites excluding steroid dienone is 1. The molecule has 0 bridgehead atoms. The Balaban J connectivity index is 1.90. The largest absolute Gasteiger partial charge is 0.496 e. The zero-order valence-electron chi connectivity index (χ0n) is 17.8. The SMILES string of the molecule is COc1ccccc1C=C(C#N)c1nsc2ccc(-n3c(=O)cc(C(F)(F)F)n(C)c3=O)cc12. The third kappa shape index (κ3) is 3.99. The zero-order valence-corrected chi connectivity index (χ0v) is 18.6. The average molecular weight is 484 g/mol. The minimum atomic E-state index is -4.86. The van der Waals surface area contributed by atoms with Gasteiger partial charge in [-0.3, -0.25) is 9.36 Å². The van der Waals surface area contributed by atoms with Gasteiger partial charge in [-0.2, -0.15) is 22.8 Å². The van der Waals surface area contributed by atoms with E-state index in [9.17, 15) is 28.0 Å². The molecule has 11 heteroatoms. The van der Waals surface area contributed by atoms with Crippen molar-refractivity contribution in [1.29, 1.82) is 5.26 Å². The minimum Gasteiger partial charge on any atom is -0.496 e. The summed E-state index contributed by atoms with van der Waals surface area (Å²) in [5.41, 5.74) is -2.38. The van der Waals surface area contributed by atoms with Gasteiger partial charge in [-0.05, 0) is 41.9 Å². The highest BCUT2D eigenvalue weighted by atomic mass is 32.1. The summed E-state index contributed by atoms with van der Waals surface area (Å²) in [5, 5.41) is 10.3. The number of hydrogen-bond donors (Lipinski definition) is 0. The van der Waals surface area contributed by atoms with Gasteiger partial charge in [-0.15, -0.1) is 0 Å². The minimum absolute atomic E-state index is 0.0582. The zero-order chi connectivity index (χ0) is 24.6. The number of aromatic nitrogens is 3. The molecule has 2 heterocycles. The molecule has 0 spiro atoms. The van der Waals surface area contributed by atoms with E-state index in [2.05, 4.69) is 10.4 Å². The quantitative estimate of drug-likeness (QED) is 0.404. The van der Waals surface area contributed by atoms with Crippen molar-refractivity contribution < 1.29 is 17.9 Å². The number of fused-ring (bicyclic) bond motifs is 1. The summed E-state index contributed by atoms with van der Waals surface area (Å²) in [6.07, 6.45) is -3.26. The van der Waals surface area contributed by atoms with E-state index < -0.39 is 23.1 Å². The second kappa shape index (κ2) is 8.64. The van der Waals surface area contributed by atoms with E-state index in [1.807, 2.05) is 0 Å². The van der Waals surface area contributed by atoms with E-state index in [4.69, 9.17) is 4.74 Å². The summed E-state index contributed by atoms with van der Waals surface area (Å²) >= 11 is 1.11. The van der Waals surface area contributed by atoms with Gasteiger partial charge in [-0.25, -0.2) is 9.36 Å². The molecule has 0 fully saturated rings. The molecule has 0 aliphatic heterocycles. The van der Waals surface area contributed by atoms with Gasteiger partial charge >= 0.3 is 11.9 Å². The highest BCUT2D eigenvalue weighted by Crippen LogP contribution is 2.32. The first-order valence-corrected chi connectivity index (χ1v) is 10.5. The Labute approximate surface area is 194 Å². The van der Waals surface area contributed by atoms with Gasteiger partial charge in [0.1, 0.15) is 23.2 Å². The molecule has 0 atom stereocenters. The lowest BCUT2D eigenvalue weighted by Gasteiger charge is -2.14. The summed E-state index contributed by atoms with van der Waals surface area (Å²) in [4.78, 5) is 25.1. The normalized spacial score (nSPS) is 12.1. The third-order valence-electron chi connectivity index (χ3n) is 5.14. The summed E-state index contributed by atoms with van der Waals surface area (Å²) in [5.74, 6) is 0.551. The lowest BCUT2D eigenvalue weighted by Crippen LogP contribution is -2.40. The molecule has 0 amide bonds. The topological polar surface area (TPSA) is 89.9 Å². The first kappa shape index (κ1) is 23.0. The predicted octanol–water partition coefficient (Wildman–Crippen LogP) is 4.24. The van der Waals surface area contributed by atoms with E-state index in [-0.39, 0.29) is 11.3 Å². The second-order valence-electron chi connectivity index (χ2n) is 7.17. The molecule has 2 aromatic carbocycles. The van der Waals surface area contributed by atoms with Gasteiger partial charge in [0.2, 0.25) is 0 Å². The Morgan fingerprint density at radius 3 is 2.59 bits per heavy atom. The Hall–Kier alpha value is -4.17. The van der Waals surface area contributed by atoms with Crippen LogP contribution in [0.15, 0.2) is 58.1 Å². The number of alkyl halides is 3. The van der Waals surface area contributed by atoms with E-state index in [0.717, 1.165) is 18.6 Å². The highest BCUT2D eigenvalue weighted by molar-refractivity contribution is 7.13. The van der Waals surface area contributed by atoms with Crippen molar-refractivity contribution in [3.8, 4) is 17.5 Å². The summed E-state index contributed by atoms with van der Waals surface area (Å²) in [7, 11) is 2.45. The van der Waals surface area contributed by atoms with Crippen molar-refractivity contribution >= 4 is 33.3 Å². The van der Waals surface area contributed by atoms with E-state index in [1.165, 1.54) is 19.2 Å². The standard InChI is InChI=1S/C23H15F3N4O3S/c1-29-19(23(24,25)26)11-20(31)30(22(29)32)15-7-8-18-16(10-15)21(28-34-18)14(12-27)9-13-5-3-4-6-17(13)33-2/h3-11H,1-2H3. The molecule has 4 aromatic rings. The van der Waals surface area contributed by atoms with Gasteiger partial charge in [0.25, 0.3) is 5.56 Å². The first-order chi connectivity index (χ1) is 16.2. The van der Waals surface area contributed by atoms with Gasteiger partial charge in [0.15, 0.2) is 0 Å². The number of benzene rings is 2. The Morgan fingerprint density at radius 2 is 1.91 bits per heavy atom. The third-order valence-corrected chi connectivity index (χ3v) is 5.96. The van der Waals surface area contributed by atoms with Gasteiger partial charge < -0.3 is 4.74 Å². The fourth-order valence-corrected chi connectivity index (χ4v) is 4.26. The molecule has 0 saturated heterocycles. The second-order valence-corrected chi connectivity index (χ2v) is 7.97. The molecule has 0 aliphatic carbocycles. The molecular formula is C23H15F3N4O3S. The van der Waals surface area contributed by atoms with Crippen LogP contribution in [0.1, 0.15) is 17.0 Å². The molecule has 7 nitrogen and oxygen atoms in total. The van der Waals surface area contributed by atoms with Gasteiger partial charge in [0.05, 0.1) is 23.1 Å². The molecule has 0 N–H and O–H groups in total. The highest BCUT2D eigenvalue weighted by Gasteiger charge is 2.35. The maximum atomic E-state index is 13.2. The number of ether oxygens (including phenoxy) is 1. The van der Waals surface area contributed by atoms with Crippen LogP contribution in [0, 0.1) is 11.3 Å². The van der Waals surface area contributed by atoms with Crippen LogP contribution < -0.4 is 16.0 Å². The lowest BCUT2D eigenvalue weighted by atomic mass is 10.0. The van der Waals surface area contributed by atoms with Crippen molar-refractivity contribution in [2.45, 2.75) is 6.18 Å². The van der Waals surface area contributed by atoms with Crippen molar-refractivity contribution in [1.82, 2.24) is 13.5 Å². The van der Waals surface area contributed by atoms with Crippen LogP contribution in [0.3, 0.4) is 0 Å². The molecular weight excluding hydrogens is 469 g/mol. The van der Waals surface area contributed by atoms with Crippen molar-refractivity contribution in [3.63, 3.8) is 0 Å². The van der Waals surface area contributed by atoms with Crippen LogP contribution in [0.5, 0.6) is 5.75 Å². The fraction of sp³-hybridized carbons (Fsp3) is 0.130. The average Bonchev–Trinajstić information content (AvgIpc) is 3.22. The maximum Gasteiger partial charge on any atom is 0.431 e. The number of hydrogen-bond acceptors (Lipinski definition) is 6. The van der Waals surface area contributed by atoms with Crippen molar-refractivity contribution in [3.05, 3.63) is 86.3 Å². The number of para-hydroxylation sites is 1. The summed E-state index contributed by atoms with van der Waals surface area (Å²) < 4.78 is 50.8. The fourth-order valence-electron chi connectivity index (χ4n) is 3.49. The summed E-state index contributed by atoms with van der Waals surface area (Å²) in [6.45, 7) is 0. The number of rotatable bonds is 4. The first-order valence-electron chi connectivity index (χ1n) is 9.71. The Bertz CT molecular complexity index is 1610. The molecule has 2 aromatic heterocycles. The van der Waals surface area contributed by atoms with E-state index in [1.54, 1.807) is 36.4 Å². The number of methoxy groups -OCH3 is 1. The monoisotopic (exact) mass is 484 g/mol. The molecule has 172 valence electrons. The smallest absolute Gasteiger partial charge is 0.431 e. The number of nitriles is 1. The van der Waals surface area contributed by atoms with Crippen LogP contribution in [-0.4, -0.2) is 20.6 Å². The van der Waals surface area contributed by atoms with Gasteiger partial charge in [0, 0.05) is 24.1 Å². The predicted molar refractivity (Wildman–Crippen MR) is 122 cm³/mol. The molecule has 34 heavy (non-hydrogen) atoms. The number of halogens is 3. The van der Waals surface area contributed by atoms with Gasteiger partial charge in [-0.1, -0.05) is 18.2 Å². The molecule has 0 radical (unpaired) electrons. The molecule has 0 unspecified atom stereocenters. The molecule has 0 saturated carbocycles. The van der Waals surface area contributed by atoms with Crippen LogP contribution in [0.2, 0.25) is 0 Å². The maximum absolute atomic E-state index is 13.2. The van der Waals surface area contributed by atoms with E-state index >= 15 is 0 Å². The Kier molecular flexibility index (Phi) is 5.85. The Morgan fingerprint density at radius 1 is 1.18 bits per heavy atom. The number of nitrogens with zero attached hydrogens (tertiary/aromatic N) is 4. The summed E-state index contributed by atoms with van der Waals surface area (Å²) in [6, 6.07) is 14.0. The lowest BCUT2D eigenvalue weighted by molar-refractivity contribution is -0.144. The van der Waals surface area contributed by atoms with Crippen LogP contribution in [-0.2, 0) is 13.2 Å².